The first-order valence-electron chi connectivity index (χ1n) is 29.1. The molecule has 2 saturated heterocycles. The zero-order chi connectivity index (χ0) is 62.5. The third kappa shape index (κ3) is 15.8. The number of primary amides is 1. The van der Waals surface area contributed by atoms with E-state index in [2.05, 4.69) is 39.4 Å². The number of urea groups is 1. The number of rotatable bonds is 28. The molecule has 8 rings (SSSR count). The van der Waals surface area contributed by atoms with Gasteiger partial charge in [-0.05, 0) is 93.5 Å². The second kappa shape index (κ2) is 29.2. The highest BCUT2D eigenvalue weighted by Crippen LogP contribution is 2.43. The van der Waals surface area contributed by atoms with Crippen LogP contribution in [0, 0.1) is 5.92 Å². The molecule has 2 fully saturated rings. The van der Waals surface area contributed by atoms with Crippen LogP contribution in [-0.4, -0.2) is 164 Å². The first-order valence-corrected chi connectivity index (χ1v) is 29.1. The molecule has 10 amide bonds. The van der Waals surface area contributed by atoms with Gasteiger partial charge in [0, 0.05) is 68.8 Å². The number of carbonyl (C=O) groups is 9. The first kappa shape index (κ1) is 63.8. The molecule has 87 heavy (non-hydrogen) atoms. The highest BCUT2D eigenvalue weighted by atomic mass is 16.6. The fourth-order valence-electron chi connectivity index (χ4n) is 10.9. The van der Waals surface area contributed by atoms with E-state index < -0.39 is 54.2 Å². The maximum Gasteiger partial charge on any atom is 0.416 e. The van der Waals surface area contributed by atoms with Crippen molar-refractivity contribution in [1.82, 2.24) is 30.7 Å². The molecule has 0 aromatic heterocycles. The second-order valence-corrected chi connectivity index (χ2v) is 22.3. The minimum atomic E-state index is -1.56. The molecule has 3 aromatic carbocycles. The molecule has 0 saturated carbocycles. The number of hydrogen-bond donors (Lipinski definition) is 6. The quantitative estimate of drug-likeness (QED) is 0.0294. The summed E-state index contributed by atoms with van der Waals surface area (Å²) >= 11 is 0. The van der Waals surface area contributed by atoms with Crippen molar-refractivity contribution < 1.29 is 71.9 Å². The van der Waals surface area contributed by atoms with Crippen molar-refractivity contribution in [2.45, 2.75) is 121 Å². The monoisotopic (exact) mass is 1200 g/mol. The average Bonchev–Trinajstić information content (AvgIpc) is 1.70. The van der Waals surface area contributed by atoms with Crippen LogP contribution in [-0.2, 0) is 35.3 Å². The molecule has 3 aromatic rings. The van der Waals surface area contributed by atoms with Gasteiger partial charge in [-0.1, -0.05) is 56.7 Å². The van der Waals surface area contributed by atoms with Crippen molar-refractivity contribution >= 4 is 76.8 Å². The van der Waals surface area contributed by atoms with E-state index in [0.29, 0.717) is 97.7 Å². The van der Waals surface area contributed by atoms with Crippen LogP contribution >= 0.6 is 0 Å². The molecule has 25 heteroatoms. The lowest BCUT2D eigenvalue weighted by Crippen LogP contribution is -2.54. The minimum Gasteiger partial charge on any atom is -0.493 e. The van der Waals surface area contributed by atoms with E-state index in [1.807, 2.05) is 0 Å². The van der Waals surface area contributed by atoms with Gasteiger partial charge in [0.05, 0.1) is 62.0 Å². The Morgan fingerprint density at radius 3 is 2.05 bits per heavy atom. The summed E-state index contributed by atoms with van der Waals surface area (Å²) in [4.78, 5) is 128. The van der Waals surface area contributed by atoms with Crippen LogP contribution in [0.3, 0.4) is 0 Å². The standard InChI is InChI=1S/C62H76N10O15/c1-36(2)55(68-52(73)15-9-7-10-23-69-53(74)20-21-54(69)75)57(77)67-44(14-13-22-64-61(63)81)56(76)66-40-18-16-39(17-19-40)35-87-62(82)72-46-31-51(49(84-6)29-43(46)59(79)71-34-38(4)27-47(71)60(72)80)86-25-12-8-11-24-85-50-30-45-42(28-48(50)83-5)58(78)70-33-37(3)26-41(70)32-65-45/h16-21,28-32,36,41,44,47,55,60,80H,3-4,7-15,22-27,33-35H2,1-2,5-6H3,(H,66,76)(H,67,77)(H,68,73)(H3,63,64,81)/t41-,44-,47-,55-,60?/m0/s1. The number of benzene rings is 3. The van der Waals surface area contributed by atoms with Gasteiger partial charge in [0.2, 0.25) is 17.7 Å². The normalized spacial score (nSPS) is 18.3. The summed E-state index contributed by atoms with van der Waals surface area (Å²) < 4.78 is 29.5. The molecule has 5 atom stereocenters. The van der Waals surface area contributed by atoms with Crippen LogP contribution in [0.15, 0.2) is 90.0 Å². The Morgan fingerprint density at radius 2 is 1.38 bits per heavy atom. The van der Waals surface area contributed by atoms with E-state index in [1.54, 1.807) is 61.4 Å². The molecular weight excluding hydrogens is 1120 g/mol. The van der Waals surface area contributed by atoms with Crippen molar-refractivity contribution in [3.05, 3.63) is 102 Å². The van der Waals surface area contributed by atoms with Crippen LogP contribution < -0.4 is 50.8 Å². The number of nitrogens with two attached hydrogens (primary N) is 1. The predicted molar refractivity (Wildman–Crippen MR) is 320 cm³/mol. The zero-order valence-electron chi connectivity index (χ0n) is 49.4. The molecule has 7 N–H and O–H groups in total. The number of hydrogen-bond acceptors (Lipinski definition) is 16. The van der Waals surface area contributed by atoms with Crippen LogP contribution in [0.1, 0.15) is 111 Å². The van der Waals surface area contributed by atoms with Gasteiger partial charge in [-0.15, -0.1) is 0 Å². The number of amides is 10. The number of imide groups is 1. The van der Waals surface area contributed by atoms with Crippen molar-refractivity contribution in [2.24, 2.45) is 16.6 Å². The van der Waals surface area contributed by atoms with Crippen LogP contribution in [0.4, 0.5) is 26.7 Å². The summed E-state index contributed by atoms with van der Waals surface area (Å²) in [6.07, 6.45) is 6.38. The number of carbonyl (C=O) groups excluding carboxylic acids is 9. The molecule has 5 heterocycles. The lowest BCUT2D eigenvalue weighted by atomic mass is 10.0. The molecule has 0 aliphatic carbocycles. The van der Waals surface area contributed by atoms with Gasteiger partial charge >= 0.3 is 12.1 Å². The molecular formula is C62H76N10O15. The SMILES string of the molecule is C=C1C[C@H]2C=Nc3cc(OCCCCCOc4cc5c(cc4OC)C(=O)N4CC(=C)C[C@H]4C(O)N5C(=O)OCc4ccc(NC(=O)[C@H](CCCNC(N)=O)NC(=O)[C@@H](NC(=O)CCCCCN5C(=O)C=CC5=O)C(C)C)cc4)c(OC)cc3C(=O)N2C1. The number of unbranched alkanes of at least 4 members (excludes halogenated alkanes) is 4. The molecule has 464 valence electrons. The number of methoxy groups -OCH3 is 2. The fourth-order valence-corrected chi connectivity index (χ4v) is 10.9. The Kier molecular flexibility index (Phi) is 21.4. The summed E-state index contributed by atoms with van der Waals surface area (Å²) in [6.45, 7) is 12.8. The molecule has 5 aliphatic heterocycles. The molecule has 1 unspecified atom stereocenters. The molecule has 0 spiro atoms. The van der Waals surface area contributed by atoms with E-state index in [-0.39, 0.29) is 117 Å². The topological polar surface area (TPSA) is 319 Å². The maximum absolute atomic E-state index is 14.3. The predicted octanol–water partition coefficient (Wildman–Crippen LogP) is 5.56. The number of nitrogens with one attached hydrogen (secondary N) is 4. The number of anilines is 2. The number of ether oxygens (including phenoxy) is 5. The number of fused-ring (bicyclic) bond motifs is 4. The fraction of sp³-hybridized carbons (Fsp3) is 0.452. The summed E-state index contributed by atoms with van der Waals surface area (Å²) in [5, 5.41) is 22.7. The van der Waals surface area contributed by atoms with Gasteiger partial charge in [-0.25, -0.2) is 14.5 Å². The number of aliphatic hydroxyl groups is 1. The van der Waals surface area contributed by atoms with Crippen molar-refractivity contribution in [3.8, 4) is 23.0 Å². The van der Waals surface area contributed by atoms with Crippen LogP contribution in [0.5, 0.6) is 23.0 Å². The van der Waals surface area contributed by atoms with Crippen LogP contribution in [0.25, 0.3) is 0 Å². The van der Waals surface area contributed by atoms with E-state index in [4.69, 9.17) is 29.4 Å². The highest BCUT2D eigenvalue weighted by molar-refractivity contribution is 6.13. The maximum atomic E-state index is 14.3. The smallest absolute Gasteiger partial charge is 0.416 e. The first-order chi connectivity index (χ1) is 41.7. The molecule has 5 aliphatic rings. The molecule has 0 radical (unpaired) electrons. The summed E-state index contributed by atoms with van der Waals surface area (Å²) in [5.41, 5.74) is 8.76. The van der Waals surface area contributed by atoms with Crippen LogP contribution in [0.2, 0.25) is 0 Å². The average molecular weight is 1200 g/mol. The summed E-state index contributed by atoms with van der Waals surface area (Å²) in [5.74, 6) is -2.00. The Balaban J connectivity index is 0.864. The van der Waals surface area contributed by atoms with Crippen molar-refractivity contribution in [3.63, 3.8) is 0 Å². The van der Waals surface area contributed by atoms with E-state index >= 15 is 0 Å². The number of nitrogens with zero attached hydrogens (tertiary/aromatic N) is 5. The lowest BCUT2D eigenvalue weighted by Gasteiger charge is -2.31. The highest BCUT2D eigenvalue weighted by Gasteiger charge is 2.46. The Hall–Kier alpha value is -9.26. The molecule has 0 bridgehead atoms. The van der Waals surface area contributed by atoms with Gasteiger partial charge in [-0.3, -0.25) is 43.5 Å². The van der Waals surface area contributed by atoms with Gasteiger partial charge in [0.15, 0.2) is 29.2 Å². The zero-order valence-corrected chi connectivity index (χ0v) is 49.4. The summed E-state index contributed by atoms with van der Waals surface area (Å²) in [6, 6.07) is 8.79. The van der Waals surface area contributed by atoms with Crippen molar-refractivity contribution in [1.29, 1.82) is 0 Å². The van der Waals surface area contributed by atoms with Gasteiger partial charge in [0.1, 0.15) is 18.7 Å². The van der Waals surface area contributed by atoms with Gasteiger partial charge < -0.3 is 65.6 Å². The second-order valence-electron chi connectivity index (χ2n) is 22.3. The third-order valence-electron chi connectivity index (χ3n) is 15.5. The number of aliphatic hydroxyl groups excluding tert-OH is 1. The van der Waals surface area contributed by atoms with Crippen molar-refractivity contribution in [2.75, 3.05) is 63.8 Å². The van der Waals surface area contributed by atoms with Gasteiger partial charge in [-0.2, -0.15) is 0 Å². The summed E-state index contributed by atoms with van der Waals surface area (Å²) in [7, 11) is 2.94. The van der Waals surface area contributed by atoms with E-state index in [9.17, 15) is 48.3 Å². The van der Waals surface area contributed by atoms with E-state index in [1.165, 1.54) is 43.4 Å². The molecule has 25 nitrogen and oxygen atoms in total. The Morgan fingerprint density at radius 1 is 0.747 bits per heavy atom. The number of aliphatic imine (C=N–C) groups is 1. The van der Waals surface area contributed by atoms with Gasteiger partial charge in [0.25, 0.3) is 23.6 Å². The lowest BCUT2D eigenvalue weighted by molar-refractivity contribution is -0.137. The largest absolute Gasteiger partial charge is 0.493 e. The third-order valence-corrected chi connectivity index (χ3v) is 15.5. The minimum absolute atomic E-state index is 0.0401. The Labute approximate surface area is 504 Å². The van der Waals surface area contributed by atoms with E-state index in [0.717, 1.165) is 15.4 Å². The Bertz CT molecular complexity index is 3200.